The number of carboxylic acid groups (broad SMARTS) is 1. The molecule has 0 atom stereocenters. The van der Waals surface area contributed by atoms with Crippen LogP contribution in [0.2, 0.25) is 0 Å². The Labute approximate surface area is 224 Å². The summed E-state index contributed by atoms with van der Waals surface area (Å²) in [6.45, 7) is 8.96. The van der Waals surface area contributed by atoms with Crippen molar-refractivity contribution in [3.63, 3.8) is 0 Å². The largest absolute Gasteiger partial charge is 0.490 e. The van der Waals surface area contributed by atoms with Crippen LogP contribution in [0.4, 0.5) is 24.5 Å². The van der Waals surface area contributed by atoms with Crippen molar-refractivity contribution in [1.82, 2.24) is 10.2 Å². The highest BCUT2D eigenvalue weighted by Gasteiger charge is 2.38. The van der Waals surface area contributed by atoms with Gasteiger partial charge in [0.1, 0.15) is 0 Å². The maximum Gasteiger partial charge on any atom is 0.490 e. The summed E-state index contributed by atoms with van der Waals surface area (Å²) >= 11 is 0. The molecule has 4 rings (SSSR count). The van der Waals surface area contributed by atoms with Crippen molar-refractivity contribution in [2.24, 2.45) is 0 Å². The number of carbonyl (C=O) groups excluding carboxylic acids is 1. The number of rotatable bonds is 5. The van der Waals surface area contributed by atoms with Gasteiger partial charge in [-0.1, -0.05) is 12.1 Å². The Hall–Kier alpha value is -3.36. The molecule has 2 aliphatic heterocycles. The average Bonchev–Trinajstić information content (AvgIpc) is 2.90. The first-order chi connectivity index (χ1) is 18.3. The van der Waals surface area contributed by atoms with Gasteiger partial charge in [0.15, 0.2) is 0 Å². The molecule has 2 saturated heterocycles. The van der Waals surface area contributed by atoms with E-state index in [0.29, 0.717) is 43.1 Å². The zero-order valence-electron chi connectivity index (χ0n) is 21.5. The molecule has 3 N–H and O–H groups in total. The van der Waals surface area contributed by atoms with Crippen LogP contribution in [0.1, 0.15) is 21.5 Å². The van der Waals surface area contributed by atoms with Crippen molar-refractivity contribution in [2.45, 2.75) is 24.9 Å². The first kappa shape index (κ1) is 30.2. The third-order valence-electron chi connectivity index (χ3n) is 6.11. The summed E-state index contributed by atoms with van der Waals surface area (Å²) in [5.41, 5.74) is 3.26. The number of piperazine rings is 1. The average molecular weight is 573 g/mol. The van der Waals surface area contributed by atoms with Gasteiger partial charge in [-0.2, -0.15) is 13.2 Å². The van der Waals surface area contributed by atoms with Crippen LogP contribution in [0, 0.1) is 13.8 Å². The van der Waals surface area contributed by atoms with Crippen molar-refractivity contribution < 1.29 is 41.0 Å². The summed E-state index contributed by atoms with van der Waals surface area (Å²) < 4.78 is 66.0. The van der Waals surface area contributed by atoms with E-state index in [9.17, 15) is 26.4 Å². The molecule has 14 heteroatoms. The highest BCUT2D eigenvalue weighted by Crippen LogP contribution is 2.29. The lowest BCUT2D eigenvalue weighted by molar-refractivity contribution is -0.192. The lowest BCUT2D eigenvalue weighted by atomic mass is 10.1. The predicted octanol–water partition coefficient (Wildman–Crippen LogP) is 2.62. The Morgan fingerprint density at radius 3 is 2.21 bits per heavy atom. The molecule has 0 bridgehead atoms. The van der Waals surface area contributed by atoms with Gasteiger partial charge in [-0.25, -0.2) is 13.2 Å². The molecule has 2 heterocycles. The number of halogens is 3. The Balaban J connectivity index is 0.000000532. The number of hydrogen-bond donors (Lipinski definition) is 3. The Kier molecular flexibility index (Phi) is 9.80. The lowest BCUT2D eigenvalue weighted by Crippen LogP contribution is -2.45. The molecule has 2 aromatic rings. The Morgan fingerprint density at radius 2 is 1.62 bits per heavy atom. The van der Waals surface area contributed by atoms with Crippen molar-refractivity contribution >= 4 is 33.3 Å². The number of anilines is 2. The molecule has 214 valence electrons. The number of aryl methyl sites for hydroxylation is 2. The van der Waals surface area contributed by atoms with Gasteiger partial charge in [-0.3, -0.25) is 9.52 Å². The number of amides is 1. The second-order valence-electron chi connectivity index (χ2n) is 9.05. The van der Waals surface area contributed by atoms with Gasteiger partial charge in [-0.15, -0.1) is 0 Å². The molecule has 2 aromatic carbocycles. The van der Waals surface area contributed by atoms with E-state index in [0.717, 1.165) is 37.4 Å². The number of nitrogens with one attached hydrogen (secondary N) is 2. The van der Waals surface area contributed by atoms with Crippen LogP contribution in [-0.2, 0) is 19.6 Å². The second kappa shape index (κ2) is 12.7. The van der Waals surface area contributed by atoms with Gasteiger partial charge in [0.2, 0.25) is 0 Å². The zero-order chi connectivity index (χ0) is 28.8. The van der Waals surface area contributed by atoms with E-state index in [-0.39, 0.29) is 10.8 Å². The van der Waals surface area contributed by atoms with E-state index < -0.39 is 22.2 Å². The third kappa shape index (κ3) is 8.07. The van der Waals surface area contributed by atoms with Gasteiger partial charge >= 0.3 is 12.1 Å². The fourth-order valence-electron chi connectivity index (χ4n) is 4.10. The number of nitrogens with zero attached hydrogens (tertiary/aromatic N) is 2. The number of carboxylic acids is 1. The van der Waals surface area contributed by atoms with Crippen LogP contribution in [0.25, 0.3) is 0 Å². The predicted molar refractivity (Wildman–Crippen MR) is 139 cm³/mol. The molecule has 0 aromatic heterocycles. The molecule has 10 nitrogen and oxygen atoms in total. The highest BCUT2D eigenvalue weighted by atomic mass is 32.2. The quantitative estimate of drug-likeness (QED) is 0.499. The number of alkyl halides is 3. The first-order valence-corrected chi connectivity index (χ1v) is 13.6. The summed E-state index contributed by atoms with van der Waals surface area (Å²) in [6.07, 6.45) is -5.08. The molecule has 0 radical (unpaired) electrons. The SMILES string of the molecule is Cc1ccc(C)c(S(=O)(=O)Nc2ccc(N3CCNCC3)c(C(=O)N3CCOCC3)c2)c1.O=C(O)C(F)(F)F. The van der Waals surface area contributed by atoms with Gasteiger partial charge in [0.05, 0.1) is 23.7 Å². The number of benzene rings is 2. The summed E-state index contributed by atoms with van der Waals surface area (Å²) in [6, 6.07) is 10.6. The van der Waals surface area contributed by atoms with E-state index in [2.05, 4.69) is 14.9 Å². The number of morpholine rings is 1. The molecule has 0 saturated carbocycles. The number of hydrogen-bond acceptors (Lipinski definition) is 7. The summed E-state index contributed by atoms with van der Waals surface area (Å²) in [4.78, 5) is 26.5. The minimum atomic E-state index is -5.08. The maximum atomic E-state index is 13.4. The second-order valence-corrected chi connectivity index (χ2v) is 10.7. The molecule has 1 amide bonds. The fraction of sp³-hybridized carbons (Fsp3) is 0.440. The molecular weight excluding hydrogens is 541 g/mol. The molecule has 39 heavy (non-hydrogen) atoms. The normalized spacial score (nSPS) is 16.2. The minimum Gasteiger partial charge on any atom is -0.475 e. The van der Waals surface area contributed by atoms with Crippen LogP contribution in [-0.4, -0.2) is 89.0 Å². The smallest absolute Gasteiger partial charge is 0.475 e. The van der Waals surface area contributed by atoms with Crippen molar-refractivity contribution in [3.8, 4) is 0 Å². The van der Waals surface area contributed by atoms with E-state index in [4.69, 9.17) is 14.6 Å². The number of ether oxygens (including phenoxy) is 1. The van der Waals surface area contributed by atoms with Crippen LogP contribution < -0.4 is 14.9 Å². The van der Waals surface area contributed by atoms with E-state index >= 15 is 0 Å². The van der Waals surface area contributed by atoms with Crippen molar-refractivity contribution in [3.05, 3.63) is 53.1 Å². The van der Waals surface area contributed by atoms with E-state index in [1.54, 1.807) is 36.1 Å². The minimum absolute atomic E-state index is 0.102. The Bertz CT molecular complexity index is 1290. The molecular formula is C25H31F3N4O6S. The monoisotopic (exact) mass is 572 g/mol. The highest BCUT2D eigenvalue weighted by molar-refractivity contribution is 7.92. The van der Waals surface area contributed by atoms with E-state index in [1.165, 1.54) is 0 Å². The lowest BCUT2D eigenvalue weighted by Gasteiger charge is -2.33. The molecule has 2 aliphatic rings. The van der Waals surface area contributed by atoms with Gasteiger partial charge < -0.3 is 25.0 Å². The van der Waals surface area contributed by atoms with Crippen LogP contribution in [0.5, 0.6) is 0 Å². The summed E-state index contributed by atoms with van der Waals surface area (Å²) in [5, 5.41) is 10.4. The maximum absolute atomic E-state index is 13.4. The van der Waals surface area contributed by atoms with Crippen LogP contribution >= 0.6 is 0 Å². The summed E-state index contributed by atoms with van der Waals surface area (Å²) in [7, 11) is -3.79. The molecule has 0 unspecified atom stereocenters. The van der Waals surface area contributed by atoms with Crippen molar-refractivity contribution in [1.29, 1.82) is 0 Å². The van der Waals surface area contributed by atoms with Crippen molar-refractivity contribution in [2.75, 3.05) is 62.1 Å². The van der Waals surface area contributed by atoms with Crippen LogP contribution in [0.3, 0.4) is 0 Å². The fourth-order valence-corrected chi connectivity index (χ4v) is 5.48. The molecule has 0 spiro atoms. The van der Waals surface area contributed by atoms with Gasteiger partial charge in [0.25, 0.3) is 15.9 Å². The summed E-state index contributed by atoms with van der Waals surface area (Å²) in [5.74, 6) is -2.86. The topological polar surface area (TPSA) is 128 Å². The zero-order valence-corrected chi connectivity index (χ0v) is 22.4. The van der Waals surface area contributed by atoms with Crippen LogP contribution in [0.15, 0.2) is 41.3 Å². The number of aliphatic carboxylic acids is 1. The molecule has 0 aliphatic carbocycles. The Morgan fingerprint density at radius 1 is 1.00 bits per heavy atom. The third-order valence-corrected chi connectivity index (χ3v) is 7.63. The van der Waals surface area contributed by atoms with Gasteiger partial charge in [-0.05, 0) is 49.2 Å². The number of carbonyl (C=O) groups is 2. The standard InChI is InChI=1S/C23H30N4O4S.C2HF3O2/c1-17-3-4-18(2)22(15-17)32(29,30)25-19-5-6-21(26-9-7-24-8-10-26)20(16-19)23(28)27-11-13-31-14-12-27;3-2(4,5)1(6)7/h3-6,15-16,24-25H,7-14H2,1-2H3;(H,6,7). The van der Waals surface area contributed by atoms with Gasteiger partial charge in [0, 0.05) is 50.6 Å². The molecule has 2 fully saturated rings. The number of sulfonamides is 1. The van der Waals surface area contributed by atoms with E-state index in [1.807, 2.05) is 19.1 Å². The first-order valence-electron chi connectivity index (χ1n) is 12.2.